The average Bonchev–Trinajstić information content (AvgIpc) is 2.97. The quantitative estimate of drug-likeness (QED) is 0.749. The molecule has 0 spiro atoms. The van der Waals surface area contributed by atoms with E-state index in [9.17, 15) is 14.7 Å². The fraction of sp³-hybridized carbons (Fsp3) is 0.118. The largest absolute Gasteiger partial charge is 0.550 e. The Morgan fingerprint density at radius 1 is 1.04 bits per heavy atom. The van der Waals surface area contributed by atoms with Gasteiger partial charge in [-0.15, -0.1) is 0 Å². The number of carboxylic acid groups (broad SMARTS) is 1. The summed E-state index contributed by atoms with van der Waals surface area (Å²) < 4.78 is 0. The van der Waals surface area contributed by atoms with E-state index < -0.39 is 5.97 Å². The van der Waals surface area contributed by atoms with E-state index in [-0.39, 0.29) is 18.7 Å². The Morgan fingerprint density at radius 3 is 2.48 bits per heavy atom. The van der Waals surface area contributed by atoms with Crippen LogP contribution >= 0.6 is 0 Å². The van der Waals surface area contributed by atoms with E-state index in [1.54, 1.807) is 12.1 Å². The Bertz CT molecular complexity index is 820. The molecule has 0 aliphatic carbocycles. The number of hydrogen-bond acceptors (Lipinski definition) is 4. The van der Waals surface area contributed by atoms with Crippen molar-refractivity contribution in [1.82, 2.24) is 9.97 Å². The summed E-state index contributed by atoms with van der Waals surface area (Å²) in [5.74, 6) is -0.841. The summed E-state index contributed by atoms with van der Waals surface area (Å²) in [6, 6.07) is 14.9. The molecule has 0 bridgehead atoms. The van der Waals surface area contributed by atoms with Gasteiger partial charge < -0.3 is 20.2 Å². The number of imidazole rings is 1. The molecule has 0 unspecified atom stereocenters. The van der Waals surface area contributed by atoms with E-state index in [2.05, 4.69) is 15.3 Å². The molecule has 2 N–H and O–H groups in total. The number of aromatic nitrogens is 2. The van der Waals surface area contributed by atoms with Crippen LogP contribution < -0.4 is 10.4 Å². The van der Waals surface area contributed by atoms with Crippen molar-refractivity contribution in [3.8, 4) is 11.4 Å². The van der Waals surface area contributed by atoms with Crippen molar-refractivity contribution in [2.45, 2.75) is 12.8 Å². The molecule has 23 heavy (non-hydrogen) atoms. The third-order valence-corrected chi connectivity index (χ3v) is 3.39. The number of carboxylic acids is 1. The lowest BCUT2D eigenvalue weighted by atomic mass is 10.2. The molecule has 0 fully saturated rings. The van der Waals surface area contributed by atoms with Crippen LogP contribution in [0.1, 0.15) is 12.8 Å². The zero-order chi connectivity index (χ0) is 16.2. The van der Waals surface area contributed by atoms with Gasteiger partial charge in [-0.25, -0.2) is 4.98 Å². The van der Waals surface area contributed by atoms with Gasteiger partial charge in [0.25, 0.3) is 0 Å². The van der Waals surface area contributed by atoms with Crippen LogP contribution in [0.3, 0.4) is 0 Å². The first-order chi connectivity index (χ1) is 11.1. The fourth-order valence-electron chi connectivity index (χ4n) is 2.24. The number of carbonyl (C=O) groups excluding carboxylic acids is 2. The fourth-order valence-corrected chi connectivity index (χ4v) is 2.24. The molecule has 0 radical (unpaired) electrons. The molecule has 1 amide bonds. The minimum absolute atomic E-state index is 0.104. The summed E-state index contributed by atoms with van der Waals surface area (Å²) in [6.07, 6.45) is -0.392. The van der Waals surface area contributed by atoms with Crippen molar-refractivity contribution in [1.29, 1.82) is 0 Å². The number of nitrogens with zero attached hydrogens (tertiary/aromatic N) is 1. The molecule has 1 heterocycles. The predicted octanol–water partition coefficient (Wildman–Crippen LogP) is 1.70. The number of amides is 1. The van der Waals surface area contributed by atoms with Crippen LogP contribution in [0.2, 0.25) is 0 Å². The average molecular weight is 308 g/mol. The van der Waals surface area contributed by atoms with E-state index in [1.807, 2.05) is 36.4 Å². The maximum atomic E-state index is 11.6. The molecule has 0 saturated heterocycles. The van der Waals surface area contributed by atoms with Gasteiger partial charge in [0.2, 0.25) is 5.91 Å². The van der Waals surface area contributed by atoms with Gasteiger partial charge in [0.1, 0.15) is 5.82 Å². The minimum atomic E-state index is -1.24. The smallest absolute Gasteiger partial charge is 0.224 e. The molecule has 6 nitrogen and oxygen atoms in total. The van der Waals surface area contributed by atoms with E-state index in [0.717, 1.165) is 22.4 Å². The monoisotopic (exact) mass is 308 g/mol. The van der Waals surface area contributed by atoms with Crippen molar-refractivity contribution >= 4 is 28.6 Å². The van der Waals surface area contributed by atoms with E-state index >= 15 is 0 Å². The second kappa shape index (κ2) is 6.31. The van der Waals surface area contributed by atoms with E-state index in [4.69, 9.17) is 0 Å². The molecule has 0 saturated carbocycles. The first kappa shape index (κ1) is 14.8. The predicted molar refractivity (Wildman–Crippen MR) is 84.4 cm³/mol. The van der Waals surface area contributed by atoms with E-state index in [1.165, 1.54) is 0 Å². The van der Waals surface area contributed by atoms with Crippen LogP contribution in [0.15, 0.2) is 48.5 Å². The summed E-state index contributed by atoms with van der Waals surface area (Å²) in [7, 11) is 0. The maximum absolute atomic E-state index is 11.6. The molecule has 0 aliphatic heterocycles. The highest BCUT2D eigenvalue weighted by molar-refractivity contribution is 5.92. The highest BCUT2D eigenvalue weighted by Gasteiger charge is 2.06. The summed E-state index contributed by atoms with van der Waals surface area (Å²) in [5, 5.41) is 13.0. The number of para-hydroxylation sites is 2. The first-order valence-corrected chi connectivity index (χ1v) is 7.17. The second-order valence-corrected chi connectivity index (χ2v) is 5.10. The summed E-state index contributed by atoms with van der Waals surface area (Å²) in [4.78, 5) is 29.6. The Hall–Kier alpha value is -3.15. The molecular weight excluding hydrogens is 294 g/mol. The van der Waals surface area contributed by atoms with Crippen LogP contribution in [0, 0.1) is 0 Å². The molecule has 3 rings (SSSR count). The second-order valence-electron chi connectivity index (χ2n) is 5.10. The van der Waals surface area contributed by atoms with Gasteiger partial charge >= 0.3 is 0 Å². The van der Waals surface area contributed by atoms with Gasteiger partial charge in [-0.1, -0.05) is 12.1 Å². The van der Waals surface area contributed by atoms with Gasteiger partial charge in [-0.3, -0.25) is 4.79 Å². The topological polar surface area (TPSA) is 97.9 Å². The number of anilines is 1. The van der Waals surface area contributed by atoms with E-state index in [0.29, 0.717) is 5.69 Å². The molecule has 6 heteroatoms. The maximum Gasteiger partial charge on any atom is 0.224 e. The zero-order valence-electron chi connectivity index (χ0n) is 12.2. The number of carbonyl (C=O) groups is 2. The lowest BCUT2D eigenvalue weighted by molar-refractivity contribution is -0.305. The molecule has 0 atom stereocenters. The van der Waals surface area contributed by atoms with Gasteiger partial charge in [-0.2, -0.15) is 0 Å². The SMILES string of the molecule is O=C([O-])CCC(=O)Nc1ccc(-c2nc3ccccc3[nH]2)cc1. The standard InChI is InChI=1S/C17H15N3O3/c21-15(9-10-16(22)23)18-12-7-5-11(6-8-12)17-19-13-3-1-2-4-14(13)20-17/h1-8H,9-10H2,(H,18,21)(H,19,20)(H,22,23)/p-1. The number of aromatic amines is 1. The van der Waals surface area contributed by atoms with Crippen molar-refractivity contribution in [2.24, 2.45) is 0 Å². The van der Waals surface area contributed by atoms with Crippen molar-refractivity contribution in [3.63, 3.8) is 0 Å². The summed E-state index contributed by atoms with van der Waals surface area (Å²) in [6.45, 7) is 0. The van der Waals surface area contributed by atoms with Gasteiger partial charge in [0, 0.05) is 23.6 Å². The number of rotatable bonds is 5. The molecule has 1 aromatic heterocycles. The first-order valence-electron chi connectivity index (χ1n) is 7.17. The Labute approximate surface area is 132 Å². The third kappa shape index (κ3) is 3.55. The highest BCUT2D eigenvalue weighted by atomic mass is 16.4. The number of nitrogens with one attached hydrogen (secondary N) is 2. The number of aliphatic carboxylic acids is 1. The molecule has 3 aromatic rings. The molecule has 2 aromatic carbocycles. The van der Waals surface area contributed by atoms with Crippen molar-refractivity contribution < 1.29 is 14.7 Å². The van der Waals surface area contributed by atoms with Crippen LogP contribution in [0.25, 0.3) is 22.4 Å². The Kier molecular flexibility index (Phi) is 4.05. The van der Waals surface area contributed by atoms with Crippen LogP contribution in [0.4, 0.5) is 5.69 Å². The van der Waals surface area contributed by atoms with Crippen LogP contribution in [-0.4, -0.2) is 21.8 Å². The number of benzene rings is 2. The van der Waals surface area contributed by atoms with Crippen molar-refractivity contribution in [2.75, 3.05) is 5.32 Å². The summed E-state index contributed by atoms with van der Waals surface area (Å²) in [5.41, 5.74) is 3.35. The number of hydrogen-bond donors (Lipinski definition) is 2. The minimum Gasteiger partial charge on any atom is -0.550 e. The zero-order valence-corrected chi connectivity index (χ0v) is 12.2. The Balaban J connectivity index is 1.71. The van der Waals surface area contributed by atoms with Crippen LogP contribution in [-0.2, 0) is 9.59 Å². The number of H-pyrrole nitrogens is 1. The van der Waals surface area contributed by atoms with Gasteiger partial charge in [0.05, 0.1) is 11.0 Å². The van der Waals surface area contributed by atoms with Crippen LogP contribution in [0.5, 0.6) is 0 Å². The molecule has 116 valence electrons. The number of fused-ring (bicyclic) bond motifs is 1. The molecular formula is C17H14N3O3-. The normalized spacial score (nSPS) is 10.6. The lowest BCUT2D eigenvalue weighted by Crippen LogP contribution is -2.24. The van der Waals surface area contributed by atoms with Gasteiger partial charge in [0.15, 0.2) is 0 Å². The van der Waals surface area contributed by atoms with Crippen molar-refractivity contribution in [3.05, 3.63) is 48.5 Å². The summed E-state index contributed by atoms with van der Waals surface area (Å²) >= 11 is 0. The van der Waals surface area contributed by atoms with Gasteiger partial charge in [-0.05, 0) is 42.8 Å². The third-order valence-electron chi connectivity index (χ3n) is 3.39. The Morgan fingerprint density at radius 2 is 1.78 bits per heavy atom. The molecule has 0 aliphatic rings. The lowest BCUT2D eigenvalue weighted by Gasteiger charge is -2.06. The highest BCUT2D eigenvalue weighted by Crippen LogP contribution is 2.22.